The topological polar surface area (TPSA) is 111 Å². The molecule has 24 heavy (non-hydrogen) atoms. The molecule has 1 fully saturated rings. The Morgan fingerprint density at radius 3 is 2.71 bits per heavy atom. The molecule has 1 aliphatic rings. The van der Waals surface area contributed by atoms with Crippen molar-refractivity contribution in [1.29, 1.82) is 0 Å². The van der Waals surface area contributed by atoms with Gasteiger partial charge in [-0.25, -0.2) is 0 Å². The summed E-state index contributed by atoms with van der Waals surface area (Å²) >= 11 is 0. The third-order valence-corrected chi connectivity index (χ3v) is 4.22. The average molecular weight is 334 g/mol. The minimum atomic E-state index is -0.686. The SMILES string of the molecule is COCC(N)C(=O)Nc1ccc(CN2CCCC(C(N)=O)C2)cc1. The zero-order valence-corrected chi connectivity index (χ0v) is 14.0. The van der Waals surface area contributed by atoms with Crippen LogP contribution in [0.3, 0.4) is 0 Å². The molecule has 132 valence electrons. The maximum absolute atomic E-state index is 11.8. The van der Waals surface area contributed by atoms with Crippen LogP contribution >= 0.6 is 0 Å². The molecule has 1 heterocycles. The molecule has 1 aromatic rings. The summed E-state index contributed by atoms with van der Waals surface area (Å²) in [4.78, 5) is 25.4. The lowest BCUT2D eigenvalue weighted by molar-refractivity contribution is -0.123. The molecule has 2 rings (SSSR count). The van der Waals surface area contributed by atoms with Gasteiger partial charge < -0.3 is 21.5 Å². The van der Waals surface area contributed by atoms with E-state index in [4.69, 9.17) is 16.2 Å². The summed E-state index contributed by atoms with van der Waals surface area (Å²) in [5.74, 6) is -0.547. The number of primary amides is 1. The molecular weight excluding hydrogens is 308 g/mol. The third kappa shape index (κ3) is 5.30. The van der Waals surface area contributed by atoms with Gasteiger partial charge in [0.05, 0.1) is 12.5 Å². The smallest absolute Gasteiger partial charge is 0.243 e. The van der Waals surface area contributed by atoms with Crippen molar-refractivity contribution in [3.8, 4) is 0 Å². The highest BCUT2D eigenvalue weighted by Gasteiger charge is 2.23. The standard InChI is InChI=1S/C17H26N4O3/c1-24-11-15(18)17(23)20-14-6-4-12(5-7-14)9-21-8-2-3-13(10-21)16(19)22/h4-7,13,15H,2-3,8-11,18H2,1H3,(H2,19,22)(H,20,23). The number of rotatable bonds is 7. The van der Waals surface area contributed by atoms with Gasteiger partial charge in [-0.05, 0) is 37.1 Å². The Balaban J connectivity index is 1.88. The van der Waals surface area contributed by atoms with Gasteiger partial charge in [-0.1, -0.05) is 12.1 Å². The molecule has 2 atom stereocenters. The van der Waals surface area contributed by atoms with E-state index in [2.05, 4.69) is 10.2 Å². The molecule has 1 saturated heterocycles. The van der Waals surface area contributed by atoms with Crippen LogP contribution in [-0.4, -0.2) is 49.6 Å². The minimum absolute atomic E-state index is 0.0559. The van der Waals surface area contributed by atoms with E-state index in [1.54, 1.807) is 0 Å². The number of likely N-dealkylation sites (tertiary alicyclic amines) is 1. The zero-order valence-electron chi connectivity index (χ0n) is 14.0. The number of nitrogens with one attached hydrogen (secondary N) is 1. The second-order valence-corrected chi connectivity index (χ2v) is 6.22. The molecule has 2 amide bonds. The molecular formula is C17H26N4O3. The lowest BCUT2D eigenvalue weighted by Gasteiger charge is -2.31. The predicted molar refractivity (Wildman–Crippen MR) is 92.1 cm³/mol. The van der Waals surface area contributed by atoms with Crippen molar-refractivity contribution in [2.45, 2.75) is 25.4 Å². The number of carbonyl (C=O) groups is 2. The van der Waals surface area contributed by atoms with Gasteiger partial charge in [0.1, 0.15) is 6.04 Å². The van der Waals surface area contributed by atoms with Crippen LogP contribution < -0.4 is 16.8 Å². The fourth-order valence-corrected chi connectivity index (χ4v) is 2.87. The molecule has 2 unspecified atom stereocenters. The number of benzene rings is 1. The highest BCUT2D eigenvalue weighted by Crippen LogP contribution is 2.19. The lowest BCUT2D eigenvalue weighted by atomic mass is 9.97. The first-order chi connectivity index (χ1) is 11.5. The first kappa shape index (κ1) is 18.4. The monoisotopic (exact) mass is 334 g/mol. The Kier molecular flexibility index (Phi) is 6.72. The first-order valence-corrected chi connectivity index (χ1v) is 8.15. The summed E-state index contributed by atoms with van der Waals surface area (Å²) in [5, 5.41) is 2.76. The van der Waals surface area contributed by atoms with E-state index in [1.807, 2.05) is 24.3 Å². The third-order valence-electron chi connectivity index (χ3n) is 4.22. The van der Waals surface area contributed by atoms with Crippen molar-refractivity contribution >= 4 is 17.5 Å². The molecule has 1 aromatic carbocycles. The number of hydrogen-bond donors (Lipinski definition) is 3. The van der Waals surface area contributed by atoms with Crippen LogP contribution in [0.2, 0.25) is 0 Å². The van der Waals surface area contributed by atoms with E-state index >= 15 is 0 Å². The van der Waals surface area contributed by atoms with Gasteiger partial charge in [-0.15, -0.1) is 0 Å². The van der Waals surface area contributed by atoms with E-state index in [9.17, 15) is 9.59 Å². The number of anilines is 1. The van der Waals surface area contributed by atoms with Crippen LogP contribution in [0.1, 0.15) is 18.4 Å². The van der Waals surface area contributed by atoms with Gasteiger partial charge >= 0.3 is 0 Å². The highest BCUT2D eigenvalue weighted by atomic mass is 16.5. The van der Waals surface area contributed by atoms with E-state index in [-0.39, 0.29) is 24.3 Å². The molecule has 0 bridgehead atoms. The number of amides is 2. The maximum Gasteiger partial charge on any atom is 0.243 e. The number of hydrogen-bond acceptors (Lipinski definition) is 5. The molecule has 7 heteroatoms. The van der Waals surface area contributed by atoms with Crippen LogP contribution in [0.15, 0.2) is 24.3 Å². The van der Waals surface area contributed by atoms with Gasteiger partial charge in [0, 0.05) is 25.9 Å². The van der Waals surface area contributed by atoms with Gasteiger partial charge in [-0.3, -0.25) is 14.5 Å². The van der Waals surface area contributed by atoms with Crippen molar-refractivity contribution in [2.75, 3.05) is 32.1 Å². The van der Waals surface area contributed by atoms with Crippen LogP contribution in [0.4, 0.5) is 5.69 Å². The average Bonchev–Trinajstić information content (AvgIpc) is 2.57. The van der Waals surface area contributed by atoms with E-state index < -0.39 is 6.04 Å². The second-order valence-electron chi connectivity index (χ2n) is 6.22. The van der Waals surface area contributed by atoms with Crippen LogP contribution in [0.25, 0.3) is 0 Å². The van der Waals surface area contributed by atoms with Gasteiger partial charge in [0.15, 0.2) is 0 Å². The van der Waals surface area contributed by atoms with Crippen molar-refractivity contribution in [2.24, 2.45) is 17.4 Å². The Bertz CT molecular complexity index is 561. The molecule has 0 saturated carbocycles. The maximum atomic E-state index is 11.8. The van der Waals surface area contributed by atoms with Gasteiger partial charge in [-0.2, -0.15) is 0 Å². The fraction of sp³-hybridized carbons (Fsp3) is 0.529. The molecule has 0 aromatic heterocycles. The zero-order chi connectivity index (χ0) is 17.5. The number of carbonyl (C=O) groups excluding carboxylic acids is 2. The molecule has 1 aliphatic heterocycles. The highest BCUT2D eigenvalue weighted by molar-refractivity contribution is 5.94. The van der Waals surface area contributed by atoms with Crippen LogP contribution in [-0.2, 0) is 20.9 Å². The van der Waals surface area contributed by atoms with Crippen LogP contribution in [0.5, 0.6) is 0 Å². The normalized spacial score (nSPS) is 19.7. The van der Waals surface area contributed by atoms with Crippen molar-refractivity contribution in [3.05, 3.63) is 29.8 Å². The number of piperidine rings is 1. The Hall–Kier alpha value is -1.96. The molecule has 0 aliphatic carbocycles. The van der Waals surface area contributed by atoms with Crippen molar-refractivity contribution in [1.82, 2.24) is 4.90 Å². The Labute approximate surface area is 142 Å². The summed E-state index contributed by atoms with van der Waals surface area (Å²) in [5.41, 5.74) is 12.9. The molecule has 5 N–H and O–H groups in total. The van der Waals surface area contributed by atoms with E-state index in [0.717, 1.165) is 31.5 Å². The first-order valence-electron chi connectivity index (χ1n) is 8.15. The summed E-state index contributed by atoms with van der Waals surface area (Å²) in [6.45, 7) is 2.62. The number of ether oxygens (including phenoxy) is 1. The summed E-state index contributed by atoms with van der Waals surface area (Å²) in [7, 11) is 1.51. The number of nitrogens with zero attached hydrogens (tertiary/aromatic N) is 1. The fourth-order valence-electron chi connectivity index (χ4n) is 2.87. The van der Waals surface area contributed by atoms with Crippen molar-refractivity contribution in [3.63, 3.8) is 0 Å². The number of methoxy groups -OCH3 is 1. The van der Waals surface area contributed by atoms with Crippen molar-refractivity contribution < 1.29 is 14.3 Å². The van der Waals surface area contributed by atoms with Gasteiger partial charge in [0.25, 0.3) is 0 Å². The Morgan fingerprint density at radius 2 is 2.08 bits per heavy atom. The number of nitrogens with two attached hydrogens (primary N) is 2. The van der Waals surface area contributed by atoms with E-state index in [1.165, 1.54) is 7.11 Å². The predicted octanol–water partition coefficient (Wildman–Crippen LogP) is 0.296. The van der Waals surface area contributed by atoms with E-state index in [0.29, 0.717) is 12.2 Å². The quantitative estimate of drug-likeness (QED) is 0.664. The molecule has 0 spiro atoms. The molecule has 7 nitrogen and oxygen atoms in total. The summed E-state index contributed by atoms with van der Waals surface area (Å²) < 4.78 is 4.87. The summed E-state index contributed by atoms with van der Waals surface area (Å²) in [6, 6.07) is 6.94. The summed E-state index contributed by atoms with van der Waals surface area (Å²) in [6.07, 6.45) is 1.86. The minimum Gasteiger partial charge on any atom is -0.383 e. The van der Waals surface area contributed by atoms with Crippen LogP contribution in [0, 0.1) is 5.92 Å². The van der Waals surface area contributed by atoms with Gasteiger partial charge in [0.2, 0.25) is 11.8 Å². The lowest BCUT2D eigenvalue weighted by Crippen LogP contribution is -2.40. The second kappa shape index (κ2) is 8.77. The largest absolute Gasteiger partial charge is 0.383 e. The molecule has 0 radical (unpaired) electrons. The Morgan fingerprint density at radius 1 is 1.38 bits per heavy atom.